The minimum Gasteiger partial charge on any atom is -0.504 e. The molecule has 0 aromatic heterocycles. The van der Waals surface area contributed by atoms with Crippen LogP contribution in [0.25, 0.3) is 0 Å². The molecular formula is C28H22BrCl3N2O6. The van der Waals surface area contributed by atoms with Crippen molar-refractivity contribution in [3.8, 4) is 11.5 Å². The Morgan fingerprint density at radius 3 is 2.38 bits per heavy atom. The molecule has 1 saturated carbocycles. The molecule has 40 heavy (non-hydrogen) atoms. The standard InChI is InChI=1S/C28H22BrCl3N2O6/c1-40-20-10-13(2-9-19(20)35)22-16-7-8-17-21(24(37)34(23(17)36)15-5-3-14(30)4-6-15)18(16)11-27(31)25(38)33(12-29)26(39)28(22,27)32/h2-7,9-10,17-18,21-22,35H,8,11-12H2,1H3/t17-,18+,21-,22-,27+,28-/m0/s1. The summed E-state index contributed by atoms with van der Waals surface area (Å²) in [4.78, 5) is 53.3. The first-order chi connectivity index (χ1) is 19.0. The molecule has 208 valence electrons. The fourth-order valence-corrected chi connectivity index (χ4v) is 8.40. The van der Waals surface area contributed by atoms with Crippen LogP contribution in [0.15, 0.2) is 54.1 Å². The number of anilines is 1. The summed E-state index contributed by atoms with van der Waals surface area (Å²) in [7, 11) is 1.39. The third-order valence-electron chi connectivity index (χ3n) is 8.64. The van der Waals surface area contributed by atoms with Crippen LogP contribution < -0.4 is 9.64 Å². The summed E-state index contributed by atoms with van der Waals surface area (Å²) >= 11 is 23.6. The van der Waals surface area contributed by atoms with Crippen molar-refractivity contribution in [1.82, 2.24) is 4.90 Å². The highest BCUT2D eigenvalue weighted by Crippen LogP contribution is 2.65. The van der Waals surface area contributed by atoms with E-state index in [0.29, 0.717) is 21.8 Å². The topological polar surface area (TPSA) is 104 Å². The van der Waals surface area contributed by atoms with E-state index in [1.807, 2.05) is 6.08 Å². The summed E-state index contributed by atoms with van der Waals surface area (Å²) < 4.78 is 5.31. The Labute approximate surface area is 252 Å². The summed E-state index contributed by atoms with van der Waals surface area (Å²) in [5.74, 6) is -5.17. The van der Waals surface area contributed by atoms with Gasteiger partial charge >= 0.3 is 0 Å². The van der Waals surface area contributed by atoms with Gasteiger partial charge in [-0.3, -0.25) is 29.0 Å². The number of allylic oxidation sites excluding steroid dienone is 2. The molecule has 2 saturated heterocycles. The largest absolute Gasteiger partial charge is 0.504 e. The molecule has 2 aliphatic carbocycles. The van der Waals surface area contributed by atoms with Gasteiger partial charge in [0.2, 0.25) is 11.8 Å². The first-order valence-electron chi connectivity index (χ1n) is 12.5. The molecule has 0 radical (unpaired) electrons. The highest BCUT2D eigenvalue weighted by molar-refractivity contribution is 9.09. The Morgan fingerprint density at radius 1 is 1.02 bits per heavy atom. The molecule has 6 rings (SSSR count). The van der Waals surface area contributed by atoms with Crippen LogP contribution in [0.1, 0.15) is 24.3 Å². The number of phenolic OH excluding ortho intramolecular Hbond substituents is 1. The molecule has 2 aromatic rings. The van der Waals surface area contributed by atoms with Gasteiger partial charge < -0.3 is 9.84 Å². The number of aromatic hydroxyl groups is 1. The lowest BCUT2D eigenvalue weighted by Gasteiger charge is -2.50. The van der Waals surface area contributed by atoms with Crippen LogP contribution in [-0.2, 0) is 19.2 Å². The molecule has 8 nitrogen and oxygen atoms in total. The van der Waals surface area contributed by atoms with E-state index in [1.54, 1.807) is 36.4 Å². The van der Waals surface area contributed by atoms with E-state index in [2.05, 4.69) is 15.9 Å². The molecule has 4 amide bonds. The smallest absolute Gasteiger partial charge is 0.254 e. The average Bonchev–Trinajstić information content (AvgIpc) is 3.27. The monoisotopic (exact) mass is 666 g/mol. The molecule has 12 heteroatoms. The summed E-state index contributed by atoms with van der Waals surface area (Å²) in [5, 5.41) is 10.7. The van der Waals surface area contributed by atoms with Crippen molar-refractivity contribution in [2.24, 2.45) is 17.8 Å². The van der Waals surface area contributed by atoms with Crippen molar-refractivity contribution in [1.29, 1.82) is 0 Å². The Hall–Kier alpha value is -2.59. The second-order valence-electron chi connectivity index (χ2n) is 10.4. The van der Waals surface area contributed by atoms with E-state index >= 15 is 0 Å². The van der Waals surface area contributed by atoms with Gasteiger partial charge in [-0.2, -0.15) is 0 Å². The summed E-state index contributed by atoms with van der Waals surface area (Å²) in [6.45, 7) is 0. The van der Waals surface area contributed by atoms with Crippen LogP contribution in [0.5, 0.6) is 11.5 Å². The first kappa shape index (κ1) is 27.6. The number of rotatable bonds is 4. The maximum absolute atomic E-state index is 14.0. The fraction of sp³-hybridized carbons (Fsp3) is 0.357. The van der Waals surface area contributed by atoms with Gasteiger partial charge in [-0.05, 0) is 60.7 Å². The van der Waals surface area contributed by atoms with Gasteiger partial charge in [0.05, 0.1) is 30.1 Å². The highest BCUT2D eigenvalue weighted by atomic mass is 79.9. The van der Waals surface area contributed by atoms with Gasteiger partial charge in [0, 0.05) is 10.9 Å². The average molecular weight is 669 g/mol. The number of hydrogen-bond acceptors (Lipinski definition) is 6. The number of alkyl halides is 3. The second-order valence-corrected chi connectivity index (χ2v) is 12.6. The number of methoxy groups -OCH3 is 1. The lowest BCUT2D eigenvalue weighted by Crippen LogP contribution is -2.60. The van der Waals surface area contributed by atoms with Crippen molar-refractivity contribution in [2.45, 2.75) is 28.5 Å². The number of halogens is 4. The van der Waals surface area contributed by atoms with Crippen LogP contribution in [-0.4, -0.2) is 55.9 Å². The lowest BCUT2D eigenvalue weighted by molar-refractivity contribution is -0.138. The number of benzene rings is 2. The number of carbonyl (C=O) groups excluding carboxylic acids is 4. The minimum atomic E-state index is -1.93. The number of fused-ring (bicyclic) bond motifs is 4. The normalized spacial score (nSPS) is 33.1. The van der Waals surface area contributed by atoms with Crippen LogP contribution >= 0.6 is 50.7 Å². The van der Waals surface area contributed by atoms with Crippen LogP contribution in [0.3, 0.4) is 0 Å². The van der Waals surface area contributed by atoms with Crippen molar-refractivity contribution in [3.63, 3.8) is 0 Å². The van der Waals surface area contributed by atoms with E-state index in [0.717, 1.165) is 9.80 Å². The molecule has 6 atom stereocenters. The predicted octanol–water partition coefficient (Wildman–Crippen LogP) is 4.97. The molecule has 0 spiro atoms. The Bertz CT molecular complexity index is 1520. The first-order valence-corrected chi connectivity index (χ1v) is 14.8. The third kappa shape index (κ3) is 3.50. The summed E-state index contributed by atoms with van der Waals surface area (Å²) in [5.41, 5.74) is 1.41. The maximum atomic E-state index is 14.0. The molecule has 2 heterocycles. The van der Waals surface area contributed by atoms with Gasteiger partial charge in [-0.25, -0.2) is 0 Å². The number of ether oxygens (including phenoxy) is 1. The number of carbonyl (C=O) groups is 4. The van der Waals surface area contributed by atoms with Gasteiger partial charge in [0.1, 0.15) is 0 Å². The Kier molecular flexibility index (Phi) is 6.53. The van der Waals surface area contributed by atoms with E-state index in [9.17, 15) is 24.3 Å². The van der Waals surface area contributed by atoms with Crippen LogP contribution in [0, 0.1) is 17.8 Å². The van der Waals surface area contributed by atoms with Gasteiger partial charge in [0.15, 0.2) is 21.2 Å². The number of amides is 4. The lowest BCUT2D eigenvalue weighted by atomic mass is 9.56. The molecule has 2 aromatic carbocycles. The maximum Gasteiger partial charge on any atom is 0.254 e. The number of imide groups is 2. The van der Waals surface area contributed by atoms with E-state index in [-0.39, 0.29) is 35.7 Å². The van der Waals surface area contributed by atoms with Crippen LogP contribution in [0.2, 0.25) is 5.02 Å². The Balaban J connectivity index is 1.52. The summed E-state index contributed by atoms with van der Waals surface area (Å²) in [6.07, 6.45) is 1.98. The minimum absolute atomic E-state index is 0.113. The number of hydrogen-bond donors (Lipinski definition) is 1. The fourth-order valence-electron chi connectivity index (χ4n) is 6.85. The predicted molar refractivity (Wildman–Crippen MR) is 152 cm³/mol. The Morgan fingerprint density at radius 2 is 1.73 bits per heavy atom. The zero-order valence-corrected chi connectivity index (χ0v) is 24.8. The summed E-state index contributed by atoms with van der Waals surface area (Å²) in [6, 6.07) is 11.0. The zero-order chi connectivity index (χ0) is 28.7. The van der Waals surface area contributed by atoms with E-state index in [1.165, 1.54) is 13.2 Å². The van der Waals surface area contributed by atoms with Crippen molar-refractivity contribution in [2.75, 3.05) is 17.5 Å². The molecule has 0 bridgehead atoms. The molecule has 4 aliphatic rings. The zero-order valence-electron chi connectivity index (χ0n) is 20.9. The quantitative estimate of drug-likeness (QED) is 0.214. The molecule has 0 unspecified atom stereocenters. The molecule has 3 fully saturated rings. The molecular weight excluding hydrogens is 647 g/mol. The molecule has 1 N–H and O–H groups in total. The van der Waals surface area contributed by atoms with Crippen molar-refractivity contribution in [3.05, 3.63) is 64.7 Å². The highest BCUT2D eigenvalue weighted by Gasteiger charge is 2.76. The van der Waals surface area contributed by atoms with E-state index < -0.39 is 51.1 Å². The van der Waals surface area contributed by atoms with E-state index in [4.69, 9.17) is 39.5 Å². The van der Waals surface area contributed by atoms with Crippen molar-refractivity contribution < 1.29 is 29.0 Å². The van der Waals surface area contributed by atoms with Crippen LogP contribution in [0.4, 0.5) is 5.69 Å². The van der Waals surface area contributed by atoms with Gasteiger partial charge in [0.25, 0.3) is 11.8 Å². The second kappa shape index (κ2) is 9.48. The number of likely N-dealkylation sites (tertiary alicyclic amines) is 1. The van der Waals surface area contributed by atoms with Gasteiger partial charge in [-0.1, -0.05) is 45.2 Å². The number of nitrogens with zero attached hydrogens (tertiary/aromatic N) is 2. The SMILES string of the molecule is COc1cc([C@H]2C3=CC[C@@H]4C(=O)N(c5ccc(Cl)cc5)C(=O)[C@@H]4[C@@H]3C[C@@]3(Cl)C(=O)N(CBr)C(=O)[C@@]23Cl)ccc1O. The van der Waals surface area contributed by atoms with Gasteiger partial charge in [-0.15, -0.1) is 23.2 Å². The molecule has 2 aliphatic heterocycles. The third-order valence-corrected chi connectivity index (χ3v) is 10.8. The van der Waals surface area contributed by atoms with Crippen molar-refractivity contribution >= 4 is 80.0 Å². The number of phenols is 1.